The van der Waals surface area contributed by atoms with Gasteiger partial charge in [0.05, 0.1) is 11.7 Å². The quantitative estimate of drug-likeness (QED) is 0.587. The maximum Gasteiger partial charge on any atom is 0.275 e. The van der Waals surface area contributed by atoms with Crippen LogP contribution in [0.1, 0.15) is 24.5 Å². The summed E-state index contributed by atoms with van der Waals surface area (Å²) in [6, 6.07) is 20.4. The van der Waals surface area contributed by atoms with Gasteiger partial charge in [0.1, 0.15) is 12.2 Å². The fourth-order valence-electron chi connectivity index (χ4n) is 4.18. The first-order chi connectivity index (χ1) is 16.0. The van der Waals surface area contributed by atoms with Crippen LogP contribution in [-0.4, -0.2) is 34.4 Å². The molecule has 2 heterocycles. The van der Waals surface area contributed by atoms with Gasteiger partial charge in [-0.1, -0.05) is 61.5 Å². The highest BCUT2D eigenvalue weighted by molar-refractivity contribution is 5.94. The highest BCUT2D eigenvalue weighted by Crippen LogP contribution is 2.24. The summed E-state index contributed by atoms with van der Waals surface area (Å²) in [6.07, 6.45) is 0.590. The fraction of sp³-hybridized carbons (Fsp3) is 0.269. The lowest BCUT2D eigenvalue weighted by atomic mass is 10.1. The number of rotatable bonds is 7. The van der Waals surface area contributed by atoms with Crippen molar-refractivity contribution in [2.75, 3.05) is 12.4 Å². The van der Waals surface area contributed by atoms with Crippen molar-refractivity contribution in [3.8, 4) is 11.3 Å². The highest BCUT2D eigenvalue weighted by Gasteiger charge is 2.25. The SMILES string of the molecule is CCC(NC)C(=O)Nc1ccc(-c2ccccc2)n(CC(=O)N2Cc3ccccc3C2)c1=O. The predicted molar refractivity (Wildman–Crippen MR) is 129 cm³/mol. The second-order valence-electron chi connectivity index (χ2n) is 8.15. The average molecular weight is 445 g/mol. The standard InChI is InChI=1S/C26H28N4O3/c1-3-21(27-2)25(32)28-22-13-14-23(18-9-5-4-6-10-18)30(26(22)33)17-24(31)29-15-19-11-7-8-12-20(19)16-29/h4-14,21,27H,3,15-17H2,1-2H3,(H,28,32). The first-order valence-electron chi connectivity index (χ1n) is 11.1. The second-order valence-corrected chi connectivity index (χ2v) is 8.15. The van der Waals surface area contributed by atoms with Crippen LogP contribution in [0.2, 0.25) is 0 Å². The maximum absolute atomic E-state index is 13.4. The van der Waals surface area contributed by atoms with Gasteiger partial charge in [-0.15, -0.1) is 0 Å². The van der Waals surface area contributed by atoms with Crippen molar-refractivity contribution in [1.82, 2.24) is 14.8 Å². The van der Waals surface area contributed by atoms with E-state index in [0.717, 1.165) is 16.7 Å². The molecule has 0 spiro atoms. The summed E-state index contributed by atoms with van der Waals surface area (Å²) in [7, 11) is 1.71. The number of nitrogens with zero attached hydrogens (tertiary/aromatic N) is 2. The molecular weight excluding hydrogens is 416 g/mol. The number of pyridine rings is 1. The summed E-state index contributed by atoms with van der Waals surface area (Å²) < 4.78 is 1.45. The Morgan fingerprint density at radius 1 is 0.939 bits per heavy atom. The molecule has 3 aromatic rings. The molecule has 2 N–H and O–H groups in total. The van der Waals surface area contributed by atoms with Gasteiger partial charge in [0.15, 0.2) is 0 Å². The van der Waals surface area contributed by atoms with Crippen LogP contribution in [0.5, 0.6) is 0 Å². The molecule has 2 amide bonds. The van der Waals surface area contributed by atoms with Crippen molar-refractivity contribution in [1.29, 1.82) is 0 Å². The summed E-state index contributed by atoms with van der Waals surface area (Å²) in [5, 5.41) is 5.67. The van der Waals surface area contributed by atoms with Gasteiger partial charge in [-0.2, -0.15) is 0 Å². The number of anilines is 1. The number of benzene rings is 2. The molecule has 0 bridgehead atoms. The topological polar surface area (TPSA) is 83.4 Å². The zero-order valence-corrected chi connectivity index (χ0v) is 18.9. The molecule has 4 rings (SSSR count). The van der Waals surface area contributed by atoms with Crippen LogP contribution >= 0.6 is 0 Å². The first kappa shape index (κ1) is 22.5. The Bertz CT molecular complexity index is 1190. The second kappa shape index (κ2) is 9.83. The van der Waals surface area contributed by atoms with Crippen molar-refractivity contribution < 1.29 is 9.59 Å². The van der Waals surface area contributed by atoms with Gasteiger partial charge in [0.2, 0.25) is 11.8 Å². The first-order valence-corrected chi connectivity index (χ1v) is 11.1. The van der Waals surface area contributed by atoms with Gasteiger partial charge in [0, 0.05) is 13.1 Å². The Morgan fingerprint density at radius 2 is 1.58 bits per heavy atom. The molecule has 1 aliphatic heterocycles. The molecule has 1 aliphatic rings. The Balaban J connectivity index is 1.66. The van der Waals surface area contributed by atoms with E-state index in [0.29, 0.717) is 25.2 Å². The van der Waals surface area contributed by atoms with Crippen LogP contribution in [0.4, 0.5) is 5.69 Å². The third kappa shape index (κ3) is 4.73. The fourth-order valence-corrected chi connectivity index (χ4v) is 4.18. The summed E-state index contributed by atoms with van der Waals surface area (Å²) >= 11 is 0. The van der Waals surface area contributed by atoms with E-state index in [1.54, 1.807) is 24.1 Å². The van der Waals surface area contributed by atoms with E-state index in [1.807, 2.05) is 61.5 Å². The van der Waals surface area contributed by atoms with Crippen LogP contribution in [0, 0.1) is 0 Å². The minimum atomic E-state index is -0.406. The molecule has 7 nitrogen and oxygen atoms in total. The van der Waals surface area contributed by atoms with Crippen LogP contribution < -0.4 is 16.2 Å². The van der Waals surface area contributed by atoms with Gasteiger partial charge in [-0.3, -0.25) is 19.0 Å². The molecule has 7 heteroatoms. The predicted octanol–water partition coefficient (Wildman–Crippen LogP) is 2.99. The molecule has 170 valence electrons. The van der Waals surface area contributed by atoms with Crippen LogP contribution in [0.15, 0.2) is 71.5 Å². The van der Waals surface area contributed by atoms with Gasteiger partial charge in [-0.05, 0) is 42.3 Å². The molecular formula is C26H28N4O3. The molecule has 1 atom stereocenters. The Morgan fingerprint density at radius 3 is 2.18 bits per heavy atom. The molecule has 0 radical (unpaired) electrons. The van der Waals surface area contributed by atoms with Crippen molar-refractivity contribution >= 4 is 17.5 Å². The summed E-state index contributed by atoms with van der Waals surface area (Å²) in [5.74, 6) is -0.423. The van der Waals surface area contributed by atoms with Gasteiger partial charge in [-0.25, -0.2) is 0 Å². The lowest BCUT2D eigenvalue weighted by Crippen LogP contribution is -2.40. The number of likely N-dealkylation sites (N-methyl/N-ethyl adjacent to an activating group) is 1. The minimum absolute atomic E-state index is 0.107. The van der Waals surface area contributed by atoms with Crippen molar-refractivity contribution in [2.45, 2.75) is 39.0 Å². The van der Waals surface area contributed by atoms with Gasteiger partial charge >= 0.3 is 0 Å². The molecule has 33 heavy (non-hydrogen) atoms. The van der Waals surface area contributed by atoms with E-state index in [4.69, 9.17) is 0 Å². The van der Waals surface area contributed by atoms with E-state index in [2.05, 4.69) is 10.6 Å². The van der Waals surface area contributed by atoms with E-state index >= 15 is 0 Å². The number of hydrogen-bond acceptors (Lipinski definition) is 4. The summed E-state index contributed by atoms with van der Waals surface area (Å²) in [4.78, 5) is 41.0. The molecule has 1 unspecified atom stereocenters. The zero-order valence-electron chi connectivity index (χ0n) is 18.9. The number of carbonyl (C=O) groups is 2. The number of nitrogens with one attached hydrogen (secondary N) is 2. The largest absolute Gasteiger partial charge is 0.332 e. The number of aromatic nitrogens is 1. The van der Waals surface area contributed by atoms with Crippen LogP contribution in [0.25, 0.3) is 11.3 Å². The minimum Gasteiger partial charge on any atom is -0.332 e. The molecule has 0 saturated carbocycles. The third-order valence-electron chi connectivity index (χ3n) is 6.06. The van der Waals surface area contributed by atoms with Gasteiger partial charge in [0.25, 0.3) is 5.56 Å². The molecule has 0 fully saturated rings. The maximum atomic E-state index is 13.4. The van der Waals surface area contributed by atoms with Gasteiger partial charge < -0.3 is 15.5 Å². The lowest BCUT2D eigenvalue weighted by Gasteiger charge is -2.20. The zero-order chi connectivity index (χ0) is 23.4. The molecule has 1 aromatic heterocycles. The van der Waals surface area contributed by atoms with Crippen LogP contribution in [-0.2, 0) is 29.2 Å². The van der Waals surface area contributed by atoms with Crippen molar-refractivity contribution in [3.63, 3.8) is 0 Å². The Kier molecular flexibility index (Phi) is 6.70. The summed E-state index contributed by atoms with van der Waals surface area (Å²) in [5.41, 5.74) is 3.46. The Hall–Kier alpha value is -3.71. The molecule has 0 aliphatic carbocycles. The average Bonchev–Trinajstić information content (AvgIpc) is 3.27. The van der Waals surface area contributed by atoms with E-state index in [1.165, 1.54) is 4.57 Å². The van der Waals surface area contributed by atoms with E-state index < -0.39 is 11.6 Å². The molecule has 2 aromatic carbocycles. The molecule has 0 saturated heterocycles. The third-order valence-corrected chi connectivity index (χ3v) is 6.06. The van der Waals surface area contributed by atoms with Crippen molar-refractivity contribution in [3.05, 3.63) is 88.2 Å². The highest BCUT2D eigenvalue weighted by atomic mass is 16.2. The van der Waals surface area contributed by atoms with E-state index in [-0.39, 0.29) is 24.0 Å². The van der Waals surface area contributed by atoms with E-state index in [9.17, 15) is 14.4 Å². The number of fused-ring (bicyclic) bond motifs is 1. The number of carbonyl (C=O) groups excluding carboxylic acids is 2. The van der Waals surface area contributed by atoms with Crippen LogP contribution in [0.3, 0.4) is 0 Å². The smallest absolute Gasteiger partial charge is 0.275 e. The Labute approximate surface area is 193 Å². The summed E-state index contributed by atoms with van der Waals surface area (Å²) in [6.45, 7) is 2.84. The lowest BCUT2D eigenvalue weighted by molar-refractivity contribution is -0.132. The monoisotopic (exact) mass is 444 g/mol. The normalized spacial score (nSPS) is 13.5. The number of hydrogen-bond donors (Lipinski definition) is 2. The number of amides is 2. The van der Waals surface area contributed by atoms with Crippen molar-refractivity contribution in [2.24, 2.45) is 0 Å².